The van der Waals surface area contributed by atoms with Gasteiger partial charge in [0.25, 0.3) is 0 Å². The van der Waals surface area contributed by atoms with E-state index in [1.807, 2.05) is 24.3 Å². The molecule has 0 bridgehead atoms. The number of benzene rings is 1. The molecule has 0 saturated carbocycles. The normalized spacial score (nSPS) is 13.4. The Hall–Kier alpha value is -1.39. The Bertz CT molecular complexity index is 572. The third-order valence-corrected chi connectivity index (χ3v) is 3.35. The summed E-state index contributed by atoms with van der Waals surface area (Å²) in [5.74, 6) is 1.28. The number of nitrogens with zero attached hydrogens (tertiary/aromatic N) is 2. The minimum Gasteiger partial charge on any atom is -0.339 e. The van der Waals surface area contributed by atoms with Crippen molar-refractivity contribution in [2.45, 2.75) is 46.1 Å². The SMILES string of the molecule is CC(C)(C)CC(N)Cc1nc(Cc2ccc(Cl)cc2)no1. The maximum absolute atomic E-state index is 6.13. The smallest absolute Gasteiger partial charge is 0.228 e. The lowest BCUT2D eigenvalue weighted by Crippen LogP contribution is -2.28. The van der Waals surface area contributed by atoms with Crippen LogP contribution in [-0.4, -0.2) is 16.2 Å². The molecular weight excluding hydrogens is 286 g/mol. The second-order valence-electron chi connectivity index (χ2n) is 6.64. The highest BCUT2D eigenvalue weighted by atomic mass is 35.5. The average molecular weight is 308 g/mol. The minimum absolute atomic E-state index is 0.0360. The molecule has 0 aliphatic heterocycles. The molecule has 0 radical (unpaired) electrons. The van der Waals surface area contributed by atoms with Gasteiger partial charge in [-0.05, 0) is 29.5 Å². The number of halogens is 1. The van der Waals surface area contributed by atoms with Crippen LogP contribution in [0.4, 0.5) is 0 Å². The van der Waals surface area contributed by atoms with Gasteiger partial charge < -0.3 is 10.3 Å². The van der Waals surface area contributed by atoms with Crippen LogP contribution < -0.4 is 5.73 Å². The van der Waals surface area contributed by atoms with Gasteiger partial charge in [0.05, 0.1) is 0 Å². The van der Waals surface area contributed by atoms with Crippen LogP contribution >= 0.6 is 11.6 Å². The summed E-state index contributed by atoms with van der Waals surface area (Å²) in [6, 6.07) is 7.68. The van der Waals surface area contributed by atoms with E-state index in [4.69, 9.17) is 21.9 Å². The molecule has 1 aromatic heterocycles. The lowest BCUT2D eigenvalue weighted by Gasteiger charge is -2.21. The monoisotopic (exact) mass is 307 g/mol. The Morgan fingerprint density at radius 2 is 1.90 bits per heavy atom. The summed E-state index contributed by atoms with van der Waals surface area (Å²) >= 11 is 5.87. The zero-order valence-corrected chi connectivity index (χ0v) is 13.5. The van der Waals surface area contributed by atoms with Crippen molar-refractivity contribution in [3.05, 3.63) is 46.6 Å². The molecule has 1 heterocycles. The molecule has 21 heavy (non-hydrogen) atoms. The topological polar surface area (TPSA) is 64.9 Å². The van der Waals surface area contributed by atoms with Crippen LogP contribution in [-0.2, 0) is 12.8 Å². The quantitative estimate of drug-likeness (QED) is 0.916. The summed E-state index contributed by atoms with van der Waals surface area (Å²) in [6.45, 7) is 6.52. The molecule has 0 aliphatic carbocycles. The van der Waals surface area contributed by atoms with E-state index in [1.165, 1.54) is 0 Å². The Morgan fingerprint density at radius 3 is 2.52 bits per heavy atom. The summed E-state index contributed by atoms with van der Waals surface area (Å²) < 4.78 is 5.28. The molecule has 0 spiro atoms. The molecule has 0 aliphatic rings. The fourth-order valence-electron chi connectivity index (χ4n) is 2.31. The van der Waals surface area contributed by atoms with Crippen LogP contribution in [0.1, 0.15) is 44.5 Å². The summed E-state index contributed by atoms with van der Waals surface area (Å²) in [5.41, 5.74) is 7.43. The van der Waals surface area contributed by atoms with Gasteiger partial charge in [-0.3, -0.25) is 0 Å². The van der Waals surface area contributed by atoms with E-state index < -0.39 is 0 Å². The van der Waals surface area contributed by atoms with Gasteiger partial charge in [-0.1, -0.05) is 49.7 Å². The standard InChI is InChI=1S/C16H22ClN3O/c1-16(2,3)10-13(18)9-15-19-14(20-21-15)8-11-4-6-12(17)7-5-11/h4-7,13H,8-10,18H2,1-3H3. The summed E-state index contributed by atoms with van der Waals surface area (Å²) in [5, 5.41) is 4.73. The summed E-state index contributed by atoms with van der Waals surface area (Å²) in [7, 11) is 0. The lowest BCUT2D eigenvalue weighted by atomic mass is 9.87. The van der Waals surface area contributed by atoms with E-state index in [9.17, 15) is 0 Å². The van der Waals surface area contributed by atoms with Gasteiger partial charge in [0.2, 0.25) is 5.89 Å². The second-order valence-corrected chi connectivity index (χ2v) is 7.07. The van der Waals surface area contributed by atoms with Gasteiger partial charge in [0.1, 0.15) is 0 Å². The van der Waals surface area contributed by atoms with Crippen molar-refractivity contribution in [3.63, 3.8) is 0 Å². The third kappa shape index (κ3) is 5.48. The van der Waals surface area contributed by atoms with E-state index in [-0.39, 0.29) is 11.5 Å². The van der Waals surface area contributed by atoms with Crippen molar-refractivity contribution in [2.75, 3.05) is 0 Å². The molecule has 4 nitrogen and oxygen atoms in total. The molecule has 1 unspecified atom stereocenters. The van der Waals surface area contributed by atoms with Crippen LogP contribution in [0.3, 0.4) is 0 Å². The van der Waals surface area contributed by atoms with E-state index in [2.05, 4.69) is 30.9 Å². The zero-order valence-electron chi connectivity index (χ0n) is 12.8. The van der Waals surface area contributed by atoms with Crippen molar-refractivity contribution in [1.29, 1.82) is 0 Å². The highest BCUT2D eigenvalue weighted by molar-refractivity contribution is 6.30. The first kappa shape index (κ1) is 16.0. The fourth-order valence-corrected chi connectivity index (χ4v) is 2.44. The van der Waals surface area contributed by atoms with Crippen LogP contribution in [0.25, 0.3) is 0 Å². The Balaban J connectivity index is 1.93. The van der Waals surface area contributed by atoms with Gasteiger partial charge >= 0.3 is 0 Å². The van der Waals surface area contributed by atoms with Gasteiger partial charge in [0.15, 0.2) is 5.82 Å². The van der Waals surface area contributed by atoms with E-state index in [0.29, 0.717) is 24.6 Å². The number of aromatic nitrogens is 2. The van der Waals surface area contributed by atoms with Gasteiger partial charge in [-0.2, -0.15) is 4.98 Å². The molecule has 0 amide bonds. The summed E-state index contributed by atoms with van der Waals surface area (Å²) in [4.78, 5) is 4.41. The van der Waals surface area contributed by atoms with Crippen molar-refractivity contribution < 1.29 is 4.52 Å². The van der Waals surface area contributed by atoms with Crippen LogP contribution in [0.2, 0.25) is 5.02 Å². The number of hydrogen-bond donors (Lipinski definition) is 1. The number of hydrogen-bond acceptors (Lipinski definition) is 4. The molecular formula is C16H22ClN3O. The molecule has 2 N–H and O–H groups in total. The Morgan fingerprint density at radius 1 is 1.24 bits per heavy atom. The first-order valence-electron chi connectivity index (χ1n) is 7.13. The van der Waals surface area contributed by atoms with E-state index in [0.717, 1.165) is 17.0 Å². The first-order valence-corrected chi connectivity index (χ1v) is 7.51. The molecule has 1 atom stereocenters. The van der Waals surface area contributed by atoms with Gasteiger partial charge in [-0.15, -0.1) is 0 Å². The third-order valence-electron chi connectivity index (χ3n) is 3.10. The molecule has 1 aromatic carbocycles. The maximum Gasteiger partial charge on any atom is 0.228 e. The van der Waals surface area contributed by atoms with Crippen LogP contribution in [0.15, 0.2) is 28.8 Å². The molecule has 2 rings (SSSR count). The molecule has 5 heteroatoms. The lowest BCUT2D eigenvalue weighted by molar-refractivity contribution is 0.312. The molecule has 114 valence electrons. The molecule has 0 fully saturated rings. The number of nitrogens with two attached hydrogens (primary N) is 1. The van der Waals surface area contributed by atoms with Gasteiger partial charge in [0, 0.05) is 23.9 Å². The Kier molecular flexibility index (Phi) is 5.01. The van der Waals surface area contributed by atoms with Gasteiger partial charge in [-0.25, -0.2) is 0 Å². The zero-order chi connectivity index (χ0) is 15.5. The first-order chi connectivity index (χ1) is 9.82. The summed E-state index contributed by atoms with van der Waals surface area (Å²) in [6.07, 6.45) is 2.17. The number of rotatable bonds is 5. The van der Waals surface area contributed by atoms with E-state index >= 15 is 0 Å². The highest BCUT2D eigenvalue weighted by Crippen LogP contribution is 2.21. The Labute approximate surface area is 130 Å². The fraction of sp³-hybridized carbons (Fsp3) is 0.500. The van der Waals surface area contributed by atoms with Crippen LogP contribution in [0.5, 0.6) is 0 Å². The molecule has 0 saturated heterocycles. The highest BCUT2D eigenvalue weighted by Gasteiger charge is 2.18. The minimum atomic E-state index is 0.0360. The van der Waals surface area contributed by atoms with E-state index in [1.54, 1.807) is 0 Å². The molecule has 2 aromatic rings. The van der Waals surface area contributed by atoms with Crippen molar-refractivity contribution in [3.8, 4) is 0 Å². The van der Waals surface area contributed by atoms with Crippen molar-refractivity contribution >= 4 is 11.6 Å². The predicted molar refractivity (Wildman–Crippen MR) is 84.3 cm³/mol. The van der Waals surface area contributed by atoms with Crippen molar-refractivity contribution in [2.24, 2.45) is 11.1 Å². The largest absolute Gasteiger partial charge is 0.339 e. The average Bonchev–Trinajstić information content (AvgIpc) is 2.77. The van der Waals surface area contributed by atoms with Crippen LogP contribution in [0, 0.1) is 5.41 Å². The maximum atomic E-state index is 6.13. The predicted octanol–water partition coefficient (Wildman–Crippen LogP) is 3.62. The second kappa shape index (κ2) is 6.58. The van der Waals surface area contributed by atoms with Crippen molar-refractivity contribution in [1.82, 2.24) is 10.1 Å².